The molecule has 1 aliphatic heterocycles. The molecule has 3 rings (SSSR count). The van der Waals surface area contributed by atoms with Gasteiger partial charge in [0.2, 0.25) is 0 Å². The molecule has 2 atom stereocenters. The molecular weight excluding hydrogens is 404 g/mol. The average Bonchev–Trinajstić information content (AvgIpc) is 2.82. The summed E-state index contributed by atoms with van der Waals surface area (Å²) in [4.78, 5) is 49.6. The summed E-state index contributed by atoms with van der Waals surface area (Å²) in [6, 6.07) is 8.76. The van der Waals surface area contributed by atoms with Gasteiger partial charge in [-0.25, -0.2) is 15.1 Å². The van der Waals surface area contributed by atoms with E-state index in [4.69, 9.17) is 14.4 Å². The molecule has 10 nitrogen and oxygen atoms in total. The third-order valence-electron chi connectivity index (χ3n) is 5.35. The van der Waals surface area contributed by atoms with Crippen LogP contribution in [-0.4, -0.2) is 65.4 Å². The van der Waals surface area contributed by atoms with Gasteiger partial charge in [-0.2, -0.15) is 5.06 Å². The number of nitrogens with zero attached hydrogens (tertiary/aromatic N) is 2. The molecule has 0 spiro atoms. The van der Waals surface area contributed by atoms with Crippen molar-refractivity contribution in [3.05, 3.63) is 35.9 Å². The van der Waals surface area contributed by atoms with Crippen molar-refractivity contribution in [1.82, 2.24) is 20.8 Å². The quantitative estimate of drug-likeness (QED) is 0.478. The number of likely N-dealkylation sites (N-methyl/N-ethyl adjacent to an activating group) is 1. The number of fused-ring (bicyclic) bond motifs is 1. The van der Waals surface area contributed by atoms with E-state index >= 15 is 0 Å². The van der Waals surface area contributed by atoms with E-state index in [0.29, 0.717) is 12.8 Å². The SMILES string of the molecule is CN1C(=O)N(OCc2ccccc2)C2CC[C@@]21C(=O)NOCCNC(=O)OC(C)(C)C. The summed E-state index contributed by atoms with van der Waals surface area (Å²) in [6.07, 6.45) is 0.599. The lowest BCUT2D eigenvalue weighted by Gasteiger charge is -2.45. The number of ether oxygens (including phenoxy) is 1. The van der Waals surface area contributed by atoms with Crippen molar-refractivity contribution in [2.24, 2.45) is 0 Å². The van der Waals surface area contributed by atoms with Crippen LogP contribution in [0.15, 0.2) is 30.3 Å². The number of hydrogen-bond acceptors (Lipinski definition) is 6. The number of carbonyl (C=O) groups is 3. The highest BCUT2D eigenvalue weighted by atomic mass is 16.7. The fraction of sp³-hybridized carbons (Fsp3) is 0.571. The first-order valence-electron chi connectivity index (χ1n) is 10.3. The summed E-state index contributed by atoms with van der Waals surface area (Å²) in [5.74, 6) is -0.414. The van der Waals surface area contributed by atoms with Gasteiger partial charge in [-0.15, -0.1) is 0 Å². The van der Waals surface area contributed by atoms with E-state index in [0.717, 1.165) is 5.56 Å². The fourth-order valence-corrected chi connectivity index (χ4v) is 3.71. The zero-order valence-corrected chi connectivity index (χ0v) is 18.3. The second-order valence-electron chi connectivity index (χ2n) is 8.61. The van der Waals surface area contributed by atoms with Crippen molar-refractivity contribution in [2.75, 3.05) is 20.2 Å². The molecule has 10 heteroatoms. The number of alkyl carbamates (subject to hydrolysis) is 1. The van der Waals surface area contributed by atoms with E-state index < -0.39 is 29.2 Å². The van der Waals surface area contributed by atoms with Gasteiger partial charge < -0.3 is 15.0 Å². The molecule has 1 heterocycles. The average molecular weight is 434 g/mol. The smallest absolute Gasteiger partial charge is 0.407 e. The van der Waals surface area contributed by atoms with Crippen LogP contribution in [-0.2, 0) is 25.8 Å². The topological polar surface area (TPSA) is 109 Å². The Balaban J connectivity index is 1.48. The van der Waals surface area contributed by atoms with Crippen molar-refractivity contribution in [2.45, 2.75) is 57.4 Å². The summed E-state index contributed by atoms with van der Waals surface area (Å²) in [6.45, 7) is 5.75. The minimum atomic E-state index is -1.04. The molecule has 1 aromatic carbocycles. The first-order chi connectivity index (χ1) is 14.6. The van der Waals surface area contributed by atoms with Crippen LogP contribution < -0.4 is 10.8 Å². The van der Waals surface area contributed by atoms with Gasteiger partial charge >= 0.3 is 12.1 Å². The van der Waals surface area contributed by atoms with E-state index in [1.54, 1.807) is 27.8 Å². The third-order valence-corrected chi connectivity index (χ3v) is 5.35. The van der Waals surface area contributed by atoms with Gasteiger partial charge in [0.1, 0.15) is 17.7 Å². The predicted octanol–water partition coefficient (Wildman–Crippen LogP) is 1.96. The fourth-order valence-electron chi connectivity index (χ4n) is 3.71. The standard InChI is InChI=1S/C21H30N4O6/c1-20(2,3)31-18(27)22-12-13-29-23-17(26)21-11-10-16(21)25(19(28)24(21)4)30-14-15-8-6-5-7-9-15/h5-9,16H,10-14H2,1-4H3,(H,22,27)(H,23,26)/t16?,21-/m0/s1. The maximum Gasteiger partial charge on any atom is 0.407 e. The number of hydrogen-bond donors (Lipinski definition) is 2. The lowest BCUT2D eigenvalue weighted by molar-refractivity contribution is -0.179. The van der Waals surface area contributed by atoms with E-state index in [9.17, 15) is 14.4 Å². The molecule has 31 heavy (non-hydrogen) atoms. The summed E-state index contributed by atoms with van der Waals surface area (Å²) < 4.78 is 5.12. The number of benzene rings is 1. The molecule has 2 aliphatic rings. The molecule has 1 aliphatic carbocycles. The van der Waals surface area contributed by atoms with Gasteiger partial charge in [-0.05, 0) is 39.2 Å². The Hall–Kier alpha value is -2.85. The zero-order valence-electron chi connectivity index (χ0n) is 18.3. The highest BCUT2D eigenvalue weighted by Gasteiger charge is 2.67. The summed E-state index contributed by atoms with van der Waals surface area (Å²) in [7, 11) is 1.59. The molecule has 170 valence electrons. The third kappa shape index (κ3) is 4.91. The summed E-state index contributed by atoms with van der Waals surface area (Å²) in [5.41, 5.74) is 1.71. The second-order valence-corrected chi connectivity index (χ2v) is 8.61. The number of carbonyl (C=O) groups excluding carboxylic acids is 3. The monoisotopic (exact) mass is 434 g/mol. The molecule has 2 fully saturated rings. The van der Waals surface area contributed by atoms with Gasteiger partial charge in [0.15, 0.2) is 0 Å². The van der Waals surface area contributed by atoms with E-state index in [1.165, 1.54) is 9.96 Å². The van der Waals surface area contributed by atoms with Gasteiger partial charge in [0.25, 0.3) is 5.91 Å². The number of rotatable bonds is 8. The predicted molar refractivity (Wildman–Crippen MR) is 110 cm³/mol. The van der Waals surface area contributed by atoms with E-state index in [2.05, 4.69) is 10.8 Å². The second kappa shape index (κ2) is 9.11. The summed E-state index contributed by atoms with van der Waals surface area (Å²) >= 11 is 0. The largest absolute Gasteiger partial charge is 0.444 e. The van der Waals surface area contributed by atoms with Gasteiger partial charge in [0.05, 0.1) is 12.6 Å². The molecule has 4 amide bonds. The molecule has 0 aromatic heterocycles. The van der Waals surface area contributed by atoms with Crippen LogP contribution >= 0.6 is 0 Å². The first-order valence-corrected chi connectivity index (χ1v) is 10.3. The Morgan fingerprint density at radius 1 is 1.23 bits per heavy atom. The van der Waals surface area contributed by atoms with Crippen molar-refractivity contribution < 1.29 is 28.8 Å². The van der Waals surface area contributed by atoms with E-state index in [1.807, 2.05) is 30.3 Å². The van der Waals surface area contributed by atoms with Crippen molar-refractivity contribution in [3.8, 4) is 0 Å². The summed E-state index contributed by atoms with van der Waals surface area (Å²) in [5, 5.41) is 3.83. The van der Waals surface area contributed by atoms with Crippen molar-refractivity contribution in [1.29, 1.82) is 0 Å². The zero-order chi connectivity index (χ0) is 22.6. The maximum atomic E-state index is 12.9. The minimum Gasteiger partial charge on any atom is -0.444 e. The lowest BCUT2D eigenvalue weighted by atomic mass is 9.71. The Kier molecular flexibility index (Phi) is 6.71. The molecule has 1 saturated carbocycles. The molecule has 1 aromatic rings. The van der Waals surface area contributed by atoms with Crippen LogP contribution in [0.3, 0.4) is 0 Å². The molecule has 2 N–H and O–H groups in total. The molecule has 0 radical (unpaired) electrons. The highest BCUT2D eigenvalue weighted by molar-refractivity contribution is 5.95. The van der Waals surface area contributed by atoms with Crippen LogP contribution in [0, 0.1) is 0 Å². The number of nitrogens with one attached hydrogen (secondary N) is 2. The van der Waals surface area contributed by atoms with Crippen molar-refractivity contribution >= 4 is 18.0 Å². The normalized spacial score (nSPS) is 22.6. The Morgan fingerprint density at radius 3 is 2.55 bits per heavy atom. The number of amides is 4. The van der Waals surface area contributed by atoms with Crippen LogP contribution in [0.25, 0.3) is 0 Å². The molecule has 0 bridgehead atoms. The molecular formula is C21H30N4O6. The Bertz CT molecular complexity index is 812. The lowest BCUT2D eigenvalue weighted by Crippen LogP contribution is -2.66. The van der Waals surface area contributed by atoms with Crippen LogP contribution in [0.2, 0.25) is 0 Å². The van der Waals surface area contributed by atoms with Gasteiger partial charge in [0, 0.05) is 13.6 Å². The van der Waals surface area contributed by atoms with E-state index in [-0.39, 0.29) is 25.8 Å². The Morgan fingerprint density at radius 2 is 1.94 bits per heavy atom. The maximum absolute atomic E-state index is 12.9. The number of hydroxylamine groups is 3. The number of urea groups is 1. The van der Waals surface area contributed by atoms with Crippen LogP contribution in [0.1, 0.15) is 39.2 Å². The van der Waals surface area contributed by atoms with Gasteiger partial charge in [-0.3, -0.25) is 14.5 Å². The molecule has 1 unspecified atom stereocenters. The minimum absolute atomic E-state index is 0.0532. The van der Waals surface area contributed by atoms with Gasteiger partial charge in [-0.1, -0.05) is 30.3 Å². The van der Waals surface area contributed by atoms with Crippen LogP contribution in [0.5, 0.6) is 0 Å². The Labute approximate surface area is 181 Å². The van der Waals surface area contributed by atoms with Crippen molar-refractivity contribution in [3.63, 3.8) is 0 Å². The highest BCUT2D eigenvalue weighted by Crippen LogP contribution is 2.47. The molecule has 1 saturated heterocycles. The van der Waals surface area contributed by atoms with Crippen LogP contribution in [0.4, 0.5) is 9.59 Å². The first kappa shape index (κ1) is 22.8.